The molecule has 0 radical (unpaired) electrons. The first-order valence-corrected chi connectivity index (χ1v) is 19.2. The van der Waals surface area contributed by atoms with Crippen molar-refractivity contribution in [3.63, 3.8) is 0 Å². The smallest absolute Gasteiger partial charge is 0.437 e. The zero-order chi connectivity index (χ0) is 41.4. The maximum absolute atomic E-state index is 15.0. The summed E-state index contributed by atoms with van der Waals surface area (Å²) in [5.74, 6) is -2.28. The van der Waals surface area contributed by atoms with Gasteiger partial charge in [0.1, 0.15) is 25.0 Å². The van der Waals surface area contributed by atoms with Crippen molar-refractivity contribution in [3.05, 3.63) is 171 Å². The van der Waals surface area contributed by atoms with Gasteiger partial charge in [0.05, 0.1) is 12.0 Å². The number of alkyl carbamates (subject to hydrolysis) is 1. The minimum atomic E-state index is -1.14. The predicted octanol–water partition coefficient (Wildman–Crippen LogP) is 8.26. The van der Waals surface area contributed by atoms with Crippen molar-refractivity contribution in [2.45, 2.75) is 51.0 Å². The number of ether oxygens (including phenoxy) is 2. The largest absolute Gasteiger partial charge is 0.508 e. The Bertz CT molecular complexity index is 2110. The van der Waals surface area contributed by atoms with Crippen molar-refractivity contribution in [1.29, 1.82) is 0 Å². The van der Waals surface area contributed by atoms with Crippen LogP contribution >= 0.6 is 23.2 Å². The van der Waals surface area contributed by atoms with Gasteiger partial charge in [-0.3, -0.25) is 14.9 Å². The van der Waals surface area contributed by atoms with E-state index in [0.717, 1.165) is 11.1 Å². The van der Waals surface area contributed by atoms with Gasteiger partial charge in [-0.15, -0.1) is 4.99 Å². The number of nitrogens with zero attached hydrogens (tertiary/aromatic N) is 2. The lowest BCUT2D eigenvalue weighted by molar-refractivity contribution is -0.142. The summed E-state index contributed by atoms with van der Waals surface area (Å²) in [5.41, 5.74) is 9.45. The lowest BCUT2D eigenvalue weighted by Gasteiger charge is -2.38. The van der Waals surface area contributed by atoms with E-state index in [2.05, 4.69) is 15.6 Å². The summed E-state index contributed by atoms with van der Waals surface area (Å²) in [6.45, 7) is 1.76. The maximum atomic E-state index is 15.0. The van der Waals surface area contributed by atoms with Crippen LogP contribution in [-0.4, -0.2) is 52.6 Å². The van der Waals surface area contributed by atoms with Crippen LogP contribution in [0.4, 0.5) is 9.59 Å². The highest BCUT2D eigenvalue weighted by molar-refractivity contribution is 6.30. The molecule has 0 saturated heterocycles. The average Bonchev–Trinajstić information content (AvgIpc) is 3.22. The third-order valence-corrected chi connectivity index (χ3v) is 9.66. The van der Waals surface area contributed by atoms with E-state index >= 15 is 4.79 Å². The molecule has 0 bridgehead atoms. The van der Waals surface area contributed by atoms with E-state index in [1.165, 1.54) is 17.0 Å². The molecule has 12 nitrogen and oxygen atoms in total. The molecule has 5 N–H and O–H groups in total. The summed E-state index contributed by atoms with van der Waals surface area (Å²) in [6.07, 6.45) is -1.57. The number of aliphatic imine (C=N–C) groups is 1. The van der Waals surface area contributed by atoms with E-state index < -0.39 is 42.0 Å². The molecule has 0 aliphatic heterocycles. The SMILES string of the molecule is C[C@H](c1ccc(O)cc1)N(C(=O)C(c1ccc(Cl)cc1)c1ccc(Cl)cc1)[C@H](CCCNC(=NC(=O)OCc1ccccc1)NC(=O)OCc1ccccc1)C(N)=O. The Kier molecular flexibility index (Phi) is 15.7. The van der Waals surface area contributed by atoms with Crippen LogP contribution in [0.2, 0.25) is 10.0 Å². The number of nitrogens with one attached hydrogen (secondary N) is 2. The molecule has 2 atom stereocenters. The molecule has 5 aromatic rings. The second-order valence-electron chi connectivity index (χ2n) is 13.2. The van der Waals surface area contributed by atoms with Gasteiger partial charge in [-0.25, -0.2) is 9.59 Å². The van der Waals surface area contributed by atoms with Crippen molar-refractivity contribution in [2.24, 2.45) is 10.7 Å². The van der Waals surface area contributed by atoms with Crippen molar-refractivity contribution in [2.75, 3.05) is 6.54 Å². The number of hydrogen-bond acceptors (Lipinski definition) is 7. The lowest BCUT2D eigenvalue weighted by atomic mass is 9.88. The Balaban J connectivity index is 1.38. The Labute approximate surface area is 346 Å². The van der Waals surface area contributed by atoms with Crippen molar-refractivity contribution in [3.8, 4) is 5.75 Å². The fourth-order valence-corrected chi connectivity index (χ4v) is 6.45. The molecule has 0 fully saturated rings. The molecule has 0 spiro atoms. The van der Waals surface area contributed by atoms with Gasteiger partial charge in [-0.1, -0.05) is 120 Å². The van der Waals surface area contributed by atoms with E-state index in [1.807, 2.05) is 24.3 Å². The molecule has 0 aromatic heterocycles. The molecule has 5 aromatic carbocycles. The summed E-state index contributed by atoms with van der Waals surface area (Å²) in [7, 11) is 0. The summed E-state index contributed by atoms with van der Waals surface area (Å²) in [6, 6.07) is 36.3. The molecule has 0 saturated carbocycles. The van der Waals surface area contributed by atoms with Gasteiger partial charge in [-0.2, -0.15) is 0 Å². The van der Waals surface area contributed by atoms with E-state index in [-0.39, 0.29) is 44.3 Å². The second-order valence-corrected chi connectivity index (χ2v) is 14.1. The Morgan fingerprint density at radius 3 is 1.74 bits per heavy atom. The highest BCUT2D eigenvalue weighted by Gasteiger charge is 2.37. The van der Waals surface area contributed by atoms with E-state index in [0.29, 0.717) is 26.7 Å². The zero-order valence-electron chi connectivity index (χ0n) is 31.6. The summed E-state index contributed by atoms with van der Waals surface area (Å²) in [4.78, 5) is 59.3. The summed E-state index contributed by atoms with van der Waals surface area (Å²) in [5, 5.41) is 16.4. The number of phenolic OH excluding ortho intramolecular Hbond substituents is 1. The van der Waals surface area contributed by atoms with Gasteiger partial charge in [-0.05, 0) is 84.0 Å². The number of phenols is 1. The standard InChI is InChI=1S/C44H43Cl2N5O7/c1-29(32-18-24-37(52)25-19-32)51(41(54)39(33-14-20-35(45)21-15-33)34-16-22-36(46)23-17-34)38(40(47)53)13-8-26-48-42(49-43(55)57-27-30-9-4-2-5-10-30)50-44(56)58-28-31-11-6-3-7-12-31/h2-7,9-12,14-25,29,38-39,52H,8,13,26-28H2,1H3,(H2,47,53)(H2,48,49,50,55,56)/t29-,38-/m1/s1. The van der Waals surface area contributed by atoms with Crippen LogP contribution in [-0.2, 0) is 32.3 Å². The number of hydrogen-bond donors (Lipinski definition) is 4. The first-order chi connectivity index (χ1) is 28.0. The number of nitrogens with two attached hydrogens (primary N) is 1. The maximum Gasteiger partial charge on any atom is 0.437 e. The topological polar surface area (TPSA) is 173 Å². The molecule has 300 valence electrons. The lowest BCUT2D eigenvalue weighted by Crippen LogP contribution is -2.51. The number of rotatable bonds is 15. The predicted molar refractivity (Wildman–Crippen MR) is 222 cm³/mol. The minimum absolute atomic E-state index is 0.0329. The van der Waals surface area contributed by atoms with Gasteiger partial charge in [0.25, 0.3) is 0 Å². The van der Waals surface area contributed by atoms with Gasteiger partial charge in [0.2, 0.25) is 17.8 Å². The fourth-order valence-electron chi connectivity index (χ4n) is 6.20. The Hall–Kier alpha value is -6.37. The number of halogens is 2. The van der Waals surface area contributed by atoms with E-state index in [9.17, 15) is 19.5 Å². The molecular formula is C44H43Cl2N5O7. The molecule has 4 amide bonds. The molecule has 5 rings (SSSR count). The fraction of sp³-hybridized carbons (Fsp3) is 0.205. The van der Waals surface area contributed by atoms with Gasteiger partial charge < -0.3 is 30.5 Å². The van der Waals surface area contributed by atoms with Gasteiger partial charge >= 0.3 is 12.2 Å². The van der Waals surface area contributed by atoms with Crippen LogP contribution < -0.4 is 16.4 Å². The highest BCUT2D eigenvalue weighted by atomic mass is 35.5. The molecule has 0 heterocycles. The zero-order valence-corrected chi connectivity index (χ0v) is 33.1. The summed E-state index contributed by atoms with van der Waals surface area (Å²) < 4.78 is 10.6. The molecule has 0 unspecified atom stereocenters. The number of aromatic hydroxyl groups is 1. The normalized spacial score (nSPS) is 12.2. The number of primary amides is 1. The van der Waals surface area contributed by atoms with Crippen LogP contribution in [0.3, 0.4) is 0 Å². The molecule has 0 aliphatic rings. The monoisotopic (exact) mass is 823 g/mol. The quantitative estimate of drug-likeness (QED) is 0.0464. The van der Waals surface area contributed by atoms with Crippen LogP contribution in [0.25, 0.3) is 0 Å². The van der Waals surface area contributed by atoms with Crippen molar-refractivity contribution < 1.29 is 33.8 Å². The van der Waals surface area contributed by atoms with Crippen LogP contribution in [0.1, 0.15) is 59.5 Å². The molecule has 58 heavy (non-hydrogen) atoms. The number of carbonyl (C=O) groups is 4. The van der Waals surface area contributed by atoms with E-state index in [1.54, 1.807) is 104 Å². The molecule has 0 aliphatic carbocycles. The van der Waals surface area contributed by atoms with Crippen LogP contribution in [0.15, 0.2) is 138 Å². The van der Waals surface area contributed by atoms with Crippen LogP contribution in [0, 0.1) is 0 Å². The Morgan fingerprint density at radius 1 is 0.724 bits per heavy atom. The molecule has 14 heteroatoms. The third kappa shape index (κ3) is 12.6. The van der Waals surface area contributed by atoms with Crippen molar-refractivity contribution >= 4 is 53.2 Å². The number of guanidine groups is 1. The number of carbonyl (C=O) groups excluding carboxylic acids is 4. The Morgan fingerprint density at radius 2 is 1.22 bits per heavy atom. The number of amides is 4. The minimum Gasteiger partial charge on any atom is -0.508 e. The third-order valence-electron chi connectivity index (χ3n) is 9.15. The summed E-state index contributed by atoms with van der Waals surface area (Å²) >= 11 is 12.5. The average molecular weight is 825 g/mol. The first-order valence-electron chi connectivity index (χ1n) is 18.4. The van der Waals surface area contributed by atoms with E-state index in [4.69, 9.17) is 38.4 Å². The van der Waals surface area contributed by atoms with Gasteiger partial charge in [0.15, 0.2) is 0 Å². The van der Waals surface area contributed by atoms with Crippen LogP contribution in [0.5, 0.6) is 5.75 Å². The first kappa shape index (κ1) is 42.8. The molecular weight excluding hydrogens is 781 g/mol. The highest BCUT2D eigenvalue weighted by Crippen LogP contribution is 2.35. The van der Waals surface area contributed by atoms with Gasteiger partial charge in [0, 0.05) is 16.6 Å². The number of benzene rings is 5. The second kappa shape index (κ2) is 21.2. The van der Waals surface area contributed by atoms with Crippen molar-refractivity contribution in [1.82, 2.24) is 15.5 Å².